The standard InChI is InChI=1S/C19H17F3N2O/c1-11-12(2)24-17-8-5-14(9-16(11)17)18(25)23-10-13-3-6-15(7-4-13)19(20,21)22/h3-9,24H,10H2,1-2H3,(H,23,25). The third-order valence-electron chi connectivity index (χ3n) is 4.30. The number of carbonyl (C=O) groups is 1. The molecule has 3 nitrogen and oxygen atoms in total. The average molecular weight is 346 g/mol. The van der Waals surface area contributed by atoms with Gasteiger partial charge in [0, 0.05) is 28.7 Å². The minimum absolute atomic E-state index is 0.167. The minimum Gasteiger partial charge on any atom is -0.358 e. The lowest BCUT2D eigenvalue weighted by molar-refractivity contribution is -0.137. The monoisotopic (exact) mass is 346 g/mol. The summed E-state index contributed by atoms with van der Waals surface area (Å²) in [5, 5.41) is 3.72. The molecule has 0 unspecified atom stereocenters. The number of carbonyl (C=O) groups excluding carboxylic acids is 1. The summed E-state index contributed by atoms with van der Waals surface area (Å²) in [6.07, 6.45) is -4.36. The normalized spacial score (nSPS) is 11.7. The number of alkyl halides is 3. The van der Waals surface area contributed by atoms with Crippen molar-refractivity contribution in [3.8, 4) is 0 Å². The number of benzene rings is 2. The molecule has 1 aromatic heterocycles. The molecular formula is C19H17F3N2O. The van der Waals surface area contributed by atoms with Crippen molar-refractivity contribution in [2.45, 2.75) is 26.6 Å². The van der Waals surface area contributed by atoms with Crippen LogP contribution in [0.4, 0.5) is 13.2 Å². The van der Waals surface area contributed by atoms with Crippen LogP contribution in [0.5, 0.6) is 0 Å². The zero-order chi connectivity index (χ0) is 18.2. The first-order chi connectivity index (χ1) is 11.8. The number of hydrogen-bond acceptors (Lipinski definition) is 1. The summed E-state index contributed by atoms with van der Waals surface area (Å²) >= 11 is 0. The van der Waals surface area contributed by atoms with Crippen LogP contribution in [0, 0.1) is 13.8 Å². The highest BCUT2D eigenvalue weighted by atomic mass is 19.4. The highest BCUT2D eigenvalue weighted by molar-refractivity contribution is 5.99. The lowest BCUT2D eigenvalue weighted by Gasteiger charge is -2.09. The van der Waals surface area contributed by atoms with E-state index in [4.69, 9.17) is 0 Å². The second-order valence-electron chi connectivity index (χ2n) is 6.01. The Morgan fingerprint density at radius 2 is 1.76 bits per heavy atom. The van der Waals surface area contributed by atoms with Crippen LogP contribution in [0.2, 0.25) is 0 Å². The number of aromatic nitrogens is 1. The Morgan fingerprint density at radius 3 is 2.40 bits per heavy atom. The average Bonchev–Trinajstić information content (AvgIpc) is 2.86. The number of aromatic amines is 1. The molecule has 0 fully saturated rings. The molecule has 3 rings (SSSR count). The number of H-pyrrole nitrogens is 1. The van der Waals surface area contributed by atoms with E-state index in [1.807, 2.05) is 26.0 Å². The van der Waals surface area contributed by atoms with Crippen molar-refractivity contribution in [3.05, 3.63) is 70.4 Å². The molecule has 1 amide bonds. The summed E-state index contributed by atoms with van der Waals surface area (Å²) in [5.41, 5.74) is 3.53. The molecule has 0 radical (unpaired) electrons. The maximum atomic E-state index is 12.5. The van der Waals surface area contributed by atoms with Gasteiger partial charge in [-0.3, -0.25) is 4.79 Å². The Kier molecular flexibility index (Phi) is 4.29. The molecule has 6 heteroatoms. The van der Waals surface area contributed by atoms with Crippen LogP contribution in [0.25, 0.3) is 10.9 Å². The van der Waals surface area contributed by atoms with Gasteiger partial charge in [-0.2, -0.15) is 13.2 Å². The Balaban J connectivity index is 1.71. The zero-order valence-corrected chi connectivity index (χ0v) is 13.8. The van der Waals surface area contributed by atoms with E-state index < -0.39 is 11.7 Å². The maximum absolute atomic E-state index is 12.5. The molecule has 0 aliphatic carbocycles. The van der Waals surface area contributed by atoms with Gasteiger partial charge in [0.15, 0.2) is 0 Å². The molecule has 130 valence electrons. The summed E-state index contributed by atoms with van der Waals surface area (Å²) in [6.45, 7) is 4.12. The molecule has 3 aromatic rings. The Morgan fingerprint density at radius 1 is 1.08 bits per heavy atom. The van der Waals surface area contributed by atoms with Crippen molar-refractivity contribution in [3.63, 3.8) is 0 Å². The summed E-state index contributed by atoms with van der Waals surface area (Å²) in [6, 6.07) is 10.1. The molecule has 2 aromatic carbocycles. The number of fused-ring (bicyclic) bond motifs is 1. The number of hydrogen-bond donors (Lipinski definition) is 2. The molecule has 0 aliphatic rings. The number of aryl methyl sites for hydroxylation is 2. The molecule has 0 atom stereocenters. The maximum Gasteiger partial charge on any atom is 0.416 e. The number of nitrogens with one attached hydrogen (secondary N) is 2. The molecule has 2 N–H and O–H groups in total. The first kappa shape index (κ1) is 17.1. The van der Waals surface area contributed by atoms with E-state index in [1.165, 1.54) is 12.1 Å². The van der Waals surface area contributed by atoms with Gasteiger partial charge in [-0.1, -0.05) is 12.1 Å². The van der Waals surface area contributed by atoms with Crippen molar-refractivity contribution in [1.29, 1.82) is 0 Å². The van der Waals surface area contributed by atoms with Gasteiger partial charge in [0.2, 0.25) is 0 Å². The van der Waals surface area contributed by atoms with E-state index in [-0.39, 0.29) is 12.5 Å². The third-order valence-corrected chi connectivity index (χ3v) is 4.30. The largest absolute Gasteiger partial charge is 0.416 e. The first-order valence-electron chi connectivity index (χ1n) is 7.79. The molecule has 0 saturated heterocycles. The van der Waals surface area contributed by atoms with Crippen LogP contribution in [-0.2, 0) is 12.7 Å². The van der Waals surface area contributed by atoms with Gasteiger partial charge in [0.05, 0.1) is 5.56 Å². The van der Waals surface area contributed by atoms with E-state index in [1.54, 1.807) is 6.07 Å². The number of halogens is 3. The van der Waals surface area contributed by atoms with Gasteiger partial charge in [-0.05, 0) is 55.3 Å². The van der Waals surface area contributed by atoms with E-state index in [0.29, 0.717) is 11.1 Å². The van der Waals surface area contributed by atoms with Gasteiger partial charge >= 0.3 is 6.18 Å². The minimum atomic E-state index is -4.36. The molecule has 1 heterocycles. The molecular weight excluding hydrogens is 329 g/mol. The van der Waals surface area contributed by atoms with E-state index in [2.05, 4.69) is 10.3 Å². The van der Waals surface area contributed by atoms with Crippen molar-refractivity contribution < 1.29 is 18.0 Å². The second-order valence-corrected chi connectivity index (χ2v) is 6.01. The second kappa shape index (κ2) is 6.27. The van der Waals surface area contributed by atoms with Crippen molar-refractivity contribution in [2.24, 2.45) is 0 Å². The Bertz CT molecular complexity index is 924. The summed E-state index contributed by atoms with van der Waals surface area (Å²) < 4.78 is 37.6. The Labute approximate surface area is 142 Å². The van der Waals surface area contributed by atoms with Crippen LogP contribution in [-0.4, -0.2) is 10.9 Å². The highest BCUT2D eigenvalue weighted by Crippen LogP contribution is 2.29. The molecule has 0 aliphatic heterocycles. The smallest absolute Gasteiger partial charge is 0.358 e. The van der Waals surface area contributed by atoms with Crippen molar-refractivity contribution in [1.82, 2.24) is 10.3 Å². The fourth-order valence-electron chi connectivity index (χ4n) is 2.70. The topological polar surface area (TPSA) is 44.9 Å². The molecule has 25 heavy (non-hydrogen) atoms. The lowest BCUT2D eigenvalue weighted by atomic mass is 10.1. The molecule has 0 saturated carbocycles. The van der Waals surface area contributed by atoms with Crippen LogP contribution < -0.4 is 5.32 Å². The van der Waals surface area contributed by atoms with Crippen LogP contribution in [0.3, 0.4) is 0 Å². The molecule has 0 spiro atoms. The van der Waals surface area contributed by atoms with Gasteiger partial charge in [-0.15, -0.1) is 0 Å². The van der Waals surface area contributed by atoms with Gasteiger partial charge in [0.25, 0.3) is 5.91 Å². The molecule has 0 bridgehead atoms. The van der Waals surface area contributed by atoms with Gasteiger partial charge in [0.1, 0.15) is 0 Å². The predicted molar refractivity (Wildman–Crippen MR) is 90.4 cm³/mol. The van der Waals surface area contributed by atoms with Crippen LogP contribution >= 0.6 is 0 Å². The lowest BCUT2D eigenvalue weighted by Crippen LogP contribution is -2.22. The zero-order valence-electron chi connectivity index (χ0n) is 13.8. The number of amides is 1. The van der Waals surface area contributed by atoms with Crippen molar-refractivity contribution in [2.75, 3.05) is 0 Å². The summed E-state index contributed by atoms with van der Waals surface area (Å²) in [5.74, 6) is -0.264. The van der Waals surface area contributed by atoms with Crippen LogP contribution in [0.1, 0.15) is 32.7 Å². The highest BCUT2D eigenvalue weighted by Gasteiger charge is 2.29. The first-order valence-corrected chi connectivity index (χ1v) is 7.79. The summed E-state index contributed by atoms with van der Waals surface area (Å²) in [7, 11) is 0. The van der Waals surface area contributed by atoms with Crippen molar-refractivity contribution >= 4 is 16.8 Å². The predicted octanol–water partition coefficient (Wildman–Crippen LogP) is 4.73. The van der Waals surface area contributed by atoms with E-state index >= 15 is 0 Å². The quantitative estimate of drug-likeness (QED) is 0.707. The Hall–Kier alpha value is -2.76. The van der Waals surface area contributed by atoms with Gasteiger partial charge < -0.3 is 10.3 Å². The van der Waals surface area contributed by atoms with E-state index in [0.717, 1.165) is 34.3 Å². The fourth-order valence-corrected chi connectivity index (χ4v) is 2.70. The third kappa shape index (κ3) is 3.52. The fraction of sp³-hybridized carbons (Fsp3) is 0.211. The van der Waals surface area contributed by atoms with E-state index in [9.17, 15) is 18.0 Å². The summed E-state index contributed by atoms with van der Waals surface area (Å²) in [4.78, 5) is 15.5. The number of rotatable bonds is 3. The SMILES string of the molecule is Cc1[nH]c2ccc(C(=O)NCc3ccc(C(F)(F)F)cc3)cc2c1C. The van der Waals surface area contributed by atoms with Gasteiger partial charge in [-0.25, -0.2) is 0 Å². The van der Waals surface area contributed by atoms with Crippen LogP contribution in [0.15, 0.2) is 42.5 Å².